The summed E-state index contributed by atoms with van der Waals surface area (Å²) in [6, 6.07) is 83.0. The Kier molecular flexibility index (Phi) is 8.17. The van der Waals surface area contributed by atoms with Gasteiger partial charge in [0.05, 0.1) is 16.7 Å². The van der Waals surface area contributed by atoms with E-state index in [1.807, 2.05) is 12.1 Å². The Balaban J connectivity index is 0.986. The average molecular weight is 779 g/mol. The Bertz CT molecular complexity index is 3530. The number of para-hydroxylation sites is 4. The molecule has 12 aromatic rings. The summed E-state index contributed by atoms with van der Waals surface area (Å²) in [6.45, 7) is 0. The minimum absolute atomic E-state index is 0.889. The Morgan fingerprint density at radius 2 is 0.869 bits per heavy atom. The van der Waals surface area contributed by atoms with Crippen LogP contribution in [-0.4, -0.2) is 4.57 Å². The molecule has 0 bridgehead atoms. The highest BCUT2D eigenvalue weighted by Gasteiger charge is 2.20. The monoisotopic (exact) mass is 778 g/mol. The van der Waals surface area contributed by atoms with E-state index in [9.17, 15) is 0 Å². The molecule has 0 saturated carbocycles. The van der Waals surface area contributed by atoms with Crippen LogP contribution in [0.5, 0.6) is 0 Å². The fraction of sp³-hybridized carbons (Fsp3) is 0. The molecule has 0 N–H and O–H groups in total. The molecule has 0 radical (unpaired) electrons. The molecule has 3 nitrogen and oxygen atoms in total. The van der Waals surface area contributed by atoms with Gasteiger partial charge in [0, 0.05) is 44.2 Å². The second kappa shape index (κ2) is 14.3. The molecular formula is C58H38N2O. The molecule has 0 spiro atoms. The molecule has 0 atom stereocenters. The van der Waals surface area contributed by atoms with Gasteiger partial charge in [0.15, 0.2) is 0 Å². The molecule has 61 heavy (non-hydrogen) atoms. The van der Waals surface area contributed by atoms with Crippen LogP contribution in [0.1, 0.15) is 0 Å². The van der Waals surface area contributed by atoms with E-state index in [2.05, 4.69) is 228 Å². The number of furan rings is 1. The van der Waals surface area contributed by atoms with Gasteiger partial charge >= 0.3 is 0 Å². The average Bonchev–Trinajstić information content (AvgIpc) is 3.88. The Hall–Kier alpha value is -8.14. The normalized spacial score (nSPS) is 11.6. The number of hydrogen-bond acceptors (Lipinski definition) is 2. The molecule has 10 aromatic carbocycles. The fourth-order valence-electron chi connectivity index (χ4n) is 9.33. The van der Waals surface area contributed by atoms with Crippen LogP contribution in [0.4, 0.5) is 17.1 Å². The van der Waals surface area contributed by atoms with E-state index in [-0.39, 0.29) is 0 Å². The molecule has 3 heteroatoms. The summed E-state index contributed by atoms with van der Waals surface area (Å²) in [5.41, 5.74) is 15.6. The predicted octanol–water partition coefficient (Wildman–Crippen LogP) is 16.3. The third-order valence-corrected chi connectivity index (χ3v) is 12.2. The van der Waals surface area contributed by atoms with E-state index in [1.54, 1.807) is 0 Å². The largest absolute Gasteiger partial charge is 0.456 e. The summed E-state index contributed by atoms with van der Waals surface area (Å²) in [4.78, 5) is 2.39. The first-order valence-electron chi connectivity index (χ1n) is 20.8. The van der Waals surface area contributed by atoms with E-state index < -0.39 is 0 Å². The van der Waals surface area contributed by atoms with E-state index in [1.165, 1.54) is 49.3 Å². The first-order valence-corrected chi connectivity index (χ1v) is 20.8. The van der Waals surface area contributed by atoms with Gasteiger partial charge in [-0.1, -0.05) is 152 Å². The topological polar surface area (TPSA) is 21.3 Å². The minimum atomic E-state index is 0.889. The molecule has 0 aliphatic carbocycles. The molecule has 286 valence electrons. The zero-order valence-corrected chi connectivity index (χ0v) is 33.2. The first kappa shape index (κ1) is 34.9. The highest BCUT2D eigenvalue weighted by molar-refractivity contribution is 6.09. The Morgan fingerprint density at radius 1 is 0.328 bits per heavy atom. The van der Waals surface area contributed by atoms with Gasteiger partial charge in [-0.3, -0.25) is 0 Å². The maximum Gasteiger partial charge on any atom is 0.135 e. The minimum Gasteiger partial charge on any atom is -0.456 e. The van der Waals surface area contributed by atoms with Crippen LogP contribution in [-0.2, 0) is 0 Å². The van der Waals surface area contributed by atoms with Crippen molar-refractivity contribution >= 4 is 71.6 Å². The van der Waals surface area contributed by atoms with Gasteiger partial charge in [-0.2, -0.15) is 0 Å². The summed E-state index contributed by atoms with van der Waals surface area (Å²) in [7, 11) is 0. The van der Waals surface area contributed by atoms with Crippen molar-refractivity contribution in [2.45, 2.75) is 0 Å². The van der Waals surface area contributed by atoms with Crippen LogP contribution < -0.4 is 4.90 Å². The lowest BCUT2D eigenvalue weighted by Gasteiger charge is -2.28. The molecule has 0 saturated heterocycles. The quantitative estimate of drug-likeness (QED) is 0.161. The van der Waals surface area contributed by atoms with Gasteiger partial charge < -0.3 is 13.9 Å². The number of rotatable bonds is 7. The SMILES string of the molecule is c1cc(-c2ccc(N(c3ccc(-n4c5ccccc5c5ccccc54)cc3)c3ccccc3-c3ccc4oc5ccccc5c4c3)cc2)cc(-c2cccc3ccccc23)c1. The molecule has 0 fully saturated rings. The van der Waals surface area contributed by atoms with Crippen molar-refractivity contribution in [2.24, 2.45) is 0 Å². The molecular weight excluding hydrogens is 741 g/mol. The predicted molar refractivity (Wildman–Crippen MR) is 257 cm³/mol. The lowest BCUT2D eigenvalue weighted by atomic mass is 9.95. The number of benzene rings is 10. The highest BCUT2D eigenvalue weighted by Crippen LogP contribution is 2.44. The van der Waals surface area contributed by atoms with E-state index in [0.29, 0.717) is 0 Å². The molecule has 0 amide bonds. The van der Waals surface area contributed by atoms with E-state index >= 15 is 0 Å². The zero-order valence-electron chi connectivity index (χ0n) is 33.2. The van der Waals surface area contributed by atoms with Crippen molar-refractivity contribution in [2.75, 3.05) is 4.90 Å². The van der Waals surface area contributed by atoms with Crippen molar-refractivity contribution in [3.05, 3.63) is 231 Å². The fourth-order valence-corrected chi connectivity index (χ4v) is 9.33. The smallest absolute Gasteiger partial charge is 0.135 e. The summed E-state index contributed by atoms with van der Waals surface area (Å²) >= 11 is 0. The third-order valence-electron chi connectivity index (χ3n) is 12.2. The van der Waals surface area contributed by atoms with Gasteiger partial charge in [0.25, 0.3) is 0 Å². The number of anilines is 3. The Morgan fingerprint density at radius 3 is 1.66 bits per heavy atom. The lowest BCUT2D eigenvalue weighted by molar-refractivity contribution is 0.669. The summed E-state index contributed by atoms with van der Waals surface area (Å²) in [5.74, 6) is 0. The lowest BCUT2D eigenvalue weighted by Crippen LogP contribution is -2.11. The maximum atomic E-state index is 6.24. The molecule has 0 aliphatic rings. The molecule has 0 unspecified atom stereocenters. The summed E-state index contributed by atoms with van der Waals surface area (Å²) in [5, 5.41) is 7.24. The summed E-state index contributed by atoms with van der Waals surface area (Å²) in [6.07, 6.45) is 0. The van der Waals surface area contributed by atoms with E-state index in [4.69, 9.17) is 4.42 Å². The van der Waals surface area contributed by atoms with Crippen LogP contribution in [0.15, 0.2) is 235 Å². The Labute approximate surface area is 353 Å². The molecule has 2 heterocycles. The van der Waals surface area contributed by atoms with E-state index in [0.717, 1.165) is 61.4 Å². The number of fused-ring (bicyclic) bond motifs is 7. The van der Waals surface area contributed by atoms with Gasteiger partial charge in [-0.15, -0.1) is 0 Å². The van der Waals surface area contributed by atoms with Crippen molar-refractivity contribution in [1.82, 2.24) is 4.57 Å². The van der Waals surface area contributed by atoms with Gasteiger partial charge in [-0.05, 0) is 117 Å². The van der Waals surface area contributed by atoms with Crippen molar-refractivity contribution < 1.29 is 4.42 Å². The first-order chi connectivity index (χ1) is 30.2. The number of nitrogens with zero attached hydrogens (tertiary/aromatic N) is 2. The second-order valence-corrected chi connectivity index (χ2v) is 15.7. The van der Waals surface area contributed by atoms with Crippen LogP contribution >= 0.6 is 0 Å². The second-order valence-electron chi connectivity index (χ2n) is 15.7. The molecule has 0 aliphatic heterocycles. The zero-order chi connectivity index (χ0) is 40.3. The van der Waals surface area contributed by atoms with Crippen LogP contribution in [0, 0.1) is 0 Å². The van der Waals surface area contributed by atoms with Crippen LogP contribution in [0.2, 0.25) is 0 Å². The van der Waals surface area contributed by atoms with Gasteiger partial charge in [0.2, 0.25) is 0 Å². The summed E-state index contributed by atoms with van der Waals surface area (Å²) < 4.78 is 8.61. The maximum absolute atomic E-state index is 6.24. The van der Waals surface area contributed by atoms with Crippen molar-refractivity contribution in [3.8, 4) is 39.1 Å². The van der Waals surface area contributed by atoms with Crippen LogP contribution in [0.25, 0.3) is 93.6 Å². The number of aromatic nitrogens is 1. The van der Waals surface area contributed by atoms with Crippen molar-refractivity contribution in [3.63, 3.8) is 0 Å². The van der Waals surface area contributed by atoms with Gasteiger partial charge in [-0.25, -0.2) is 0 Å². The molecule has 12 rings (SSSR count). The van der Waals surface area contributed by atoms with Crippen LogP contribution in [0.3, 0.4) is 0 Å². The van der Waals surface area contributed by atoms with Gasteiger partial charge in [0.1, 0.15) is 11.2 Å². The standard InChI is InChI=1S/C58H38N2O/c1-2-17-47-40(13-1)14-12-22-48(47)42-16-11-15-41(37-42)39-27-30-44(31-28-39)59(45-32-34-46(35-33-45)60-55-24-8-4-19-50(55)51-20-5-9-25-56(51)60)54-23-7-3-18-49(54)43-29-36-58-53(38-43)52-21-6-10-26-57(52)61-58/h1-38H. The molecule has 2 aromatic heterocycles. The van der Waals surface area contributed by atoms with Crippen molar-refractivity contribution in [1.29, 1.82) is 0 Å². The number of hydrogen-bond donors (Lipinski definition) is 0. The highest BCUT2D eigenvalue weighted by atomic mass is 16.3. The third kappa shape index (κ3) is 5.90.